The zero-order valence-electron chi connectivity index (χ0n) is 14.8. The fourth-order valence-electron chi connectivity index (χ4n) is 3.58. The van der Waals surface area contributed by atoms with E-state index in [0.29, 0.717) is 0 Å². The molecule has 0 unspecified atom stereocenters. The number of fused-ring (bicyclic) bond motifs is 1. The van der Waals surface area contributed by atoms with Gasteiger partial charge in [0.2, 0.25) is 5.91 Å². The van der Waals surface area contributed by atoms with Crippen LogP contribution in [0.25, 0.3) is 16.9 Å². The molecule has 1 aliphatic carbocycles. The van der Waals surface area contributed by atoms with Crippen molar-refractivity contribution in [2.24, 2.45) is 0 Å². The van der Waals surface area contributed by atoms with Crippen molar-refractivity contribution >= 4 is 17.2 Å². The standard InChI is InChI=1S/C23H19N3O/c27-22(23(13-14-23)18-6-2-1-3-7-18)24-19-11-9-17(10-12-19)20-16-26-15-5-4-8-21(26)25-20/h1-12,15-16H,13-14H2,(H,24,27). The highest BCUT2D eigenvalue weighted by atomic mass is 16.2. The third kappa shape index (κ3) is 2.79. The van der Waals surface area contributed by atoms with Crippen LogP contribution in [0.15, 0.2) is 85.2 Å². The Bertz CT molecular complexity index is 1080. The smallest absolute Gasteiger partial charge is 0.235 e. The number of benzene rings is 2. The van der Waals surface area contributed by atoms with Crippen molar-refractivity contribution in [1.82, 2.24) is 9.38 Å². The largest absolute Gasteiger partial charge is 0.325 e. The summed E-state index contributed by atoms with van der Waals surface area (Å²) in [6.45, 7) is 0. The summed E-state index contributed by atoms with van der Waals surface area (Å²) in [7, 11) is 0. The molecule has 0 aliphatic heterocycles. The number of rotatable bonds is 4. The number of aromatic nitrogens is 2. The van der Waals surface area contributed by atoms with Crippen LogP contribution in [0.1, 0.15) is 18.4 Å². The van der Waals surface area contributed by atoms with E-state index in [4.69, 9.17) is 0 Å². The van der Waals surface area contributed by atoms with Crippen molar-refractivity contribution in [1.29, 1.82) is 0 Å². The van der Waals surface area contributed by atoms with Crippen LogP contribution in [0.2, 0.25) is 0 Å². The fraction of sp³-hybridized carbons (Fsp3) is 0.130. The van der Waals surface area contributed by atoms with Crippen molar-refractivity contribution in [3.05, 3.63) is 90.8 Å². The van der Waals surface area contributed by atoms with Crippen LogP contribution < -0.4 is 5.32 Å². The van der Waals surface area contributed by atoms with Gasteiger partial charge in [-0.1, -0.05) is 48.5 Å². The Balaban J connectivity index is 1.36. The summed E-state index contributed by atoms with van der Waals surface area (Å²) < 4.78 is 2.00. The van der Waals surface area contributed by atoms with Crippen LogP contribution >= 0.6 is 0 Å². The lowest BCUT2D eigenvalue weighted by Crippen LogP contribution is -2.27. The number of imidazole rings is 1. The van der Waals surface area contributed by atoms with Crippen LogP contribution in [0.4, 0.5) is 5.69 Å². The minimum atomic E-state index is -0.360. The molecular formula is C23H19N3O. The molecule has 132 valence electrons. The highest BCUT2D eigenvalue weighted by Gasteiger charge is 2.51. The van der Waals surface area contributed by atoms with Gasteiger partial charge in [0.05, 0.1) is 11.1 Å². The van der Waals surface area contributed by atoms with E-state index in [1.54, 1.807) is 0 Å². The molecule has 2 heterocycles. The molecule has 1 aliphatic rings. The van der Waals surface area contributed by atoms with E-state index in [9.17, 15) is 4.79 Å². The number of hydrogen-bond acceptors (Lipinski definition) is 2. The Morgan fingerprint density at radius 1 is 0.926 bits per heavy atom. The summed E-state index contributed by atoms with van der Waals surface area (Å²) in [5.74, 6) is 0.0779. The molecule has 1 N–H and O–H groups in total. The maximum absolute atomic E-state index is 12.8. The summed E-state index contributed by atoms with van der Waals surface area (Å²) in [5, 5.41) is 3.08. The molecule has 27 heavy (non-hydrogen) atoms. The molecule has 0 saturated heterocycles. The van der Waals surface area contributed by atoms with Gasteiger partial charge in [0.25, 0.3) is 0 Å². The molecule has 0 radical (unpaired) electrons. The van der Waals surface area contributed by atoms with Crippen molar-refractivity contribution in [2.45, 2.75) is 18.3 Å². The second-order valence-electron chi connectivity index (χ2n) is 7.07. The number of carbonyl (C=O) groups is 1. The fourth-order valence-corrected chi connectivity index (χ4v) is 3.58. The highest BCUT2D eigenvalue weighted by molar-refractivity contribution is 6.01. The molecule has 4 nitrogen and oxygen atoms in total. The van der Waals surface area contributed by atoms with Gasteiger partial charge in [-0.2, -0.15) is 0 Å². The zero-order chi connectivity index (χ0) is 18.3. The average molecular weight is 353 g/mol. The van der Waals surface area contributed by atoms with E-state index in [0.717, 1.165) is 41.0 Å². The average Bonchev–Trinajstić information content (AvgIpc) is 3.42. The van der Waals surface area contributed by atoms with Crippen LogP contribution in [0.5, 0.6) is 0 Å². The molecule has 0 spiro atoms. The molecule has 1 fully saturated rings. The first-order valence-electron chi connectivity index (χ1n) is 9.16. The van der Waals surface area contributed by atoms with Crippen LogP contribution in [0.3, 0.4) is 0 Å². The van der Waals surface area contributed by atoms with Gasteiger partial charge < -0.3 is 9.72 Å². The van der Waals surface area contributed by atoms with Gasteiger partial charge in [-0.3, -0.25) is 4.79 Å². The minimum absolute atomic E-state index is 0.0779. The predicted octanol–water partition coefficient (Wildman–Crippen LogP) is 4.67. The molecular weight excluding hydrogens is 334 g/mol. The molecule has 2 aromatic heterocycles. The van der Waals surface area contributed by atoms with Crippen molar-refractivity contribution in [3.63, 3.8) is 0 Å². The molecule has 5 rings (SSSR count). The third-order valence-corrected chi connectivity index (χ3v) is 5.31. The summed E-state index contributed by atoms with van der Waals surface area (Å²) in [6, 6.07) is 23.9. The first-order valence-corrected chi connectivity index (χ1v) is 9.16. The lowest BCUT2D eigenvalue weighted by molar-refractivity contribution is -0.118. The van der Waals surface area contributed by atoms with Crippen LogP contribution in [-0.2, 0) is 10.2 Å². The van der Waals surface area contributed by atoms with E-state index >= 15 is 0 Å². The SMILES string of the molecule is O=C(Nc1ccc(-c2cn3ccccc3n2)cc1)C1(c2ccccc2)CC1. The number of anilines is 1. The quantitative estimate of drug-likeness (QED) is 0.579. The Hall–Kier alpha value is -3.40. The van der Waals surface area contributed by atoms with Crippen molar-refractivity contribution in [3.8, 4) is 11.3 Å². The number of nitrogens with zero attached hydrogens (tertiary/aromatic N) is 2. The van der Waals surface area contributed by atoms with E-state index in [1.807, 2.05) is 89.6 Å². The highest BCUT2D eigenvalue weighted by Crippen LogP contribution is 2.48. The van der Waals surface area contributed by atoms with Crippen LogP contribution in [-0.4, -0.2) is 15.3 Å². The Morgan fingerprint density at radius 3 is 2.37 bits per heavy atom. The lowest BCUT2D eigenvalue weighted by Gasteiger charge is -2.16. The van der Waals surface area contributed by atoms with Gasteiger partial charge >= 0.3 is 0 Å². The topological polar surface area (TPSA) is 46.4 Å². The molecule has 4 aromatic rings. The molecule has 0 atom stereocenters. The van der Waals surface area contributed by atoms with Gasteiger partial charge in [0.15, 0.2) is 0 Å². The third-order valence-electron chi connectivity index (χ3n) is 5.31. The second-order valence-corrected chi connectivity index (χ2v) is 7.07. The maximum atomic E-state index is 12.8. The Kier molecular flexibility index (Phi) is 3.57. The normalized spacial score (nSPS) is 14.8. The molecule has 0 bridgehead atoms. The number of nitrogens with one attached hydrogen (secondary N) is 1. The van der Waals surface area contributed by atoms with Crippen molar-refractivity contribution in [2.75, 3.05) is 5.32 Å². The molecule has 1 saturated carbocycles. The predicted molar refractivity (Wildman–Crippen MR) is 107 cm³/mol. The van der Waals surface area contributed by atoms with E-state index in [2.05, 4.69) is 10.3 Å². The van der Waals surface area contributed by atoms with E-state index in [-0.39, 0.29) is 11.3 Å². The Labute approximate surface area is 157 Å². The van der Waals surface area contributed by atoms with Gasteiger partial charge in [0, 0.05) is 23.6 Å². The monoisotopic (exact) mass is 353 g/mol. The Morgan fingerprint density at radius 2 is 1.67 bits per heavy atom. The lowest BCUT2D eigenvalue weighted by atomic mass is 9.95. The summed E-state index contributed by atoms with van der Waals surface area (Å²) in [5.41, 5.74) is 4.42. The molecule has 4 heteroatoms. The van der Waals surface area contributed by atoms with E-state index in [1.165, 1.54) is 0 Å². The van der Waals surface area contributed by atoms with Crippen LogP contribution in [0, 0.1) is 0 Å². The number of carbonyl (C=O) groups excluding carboxylic acids is 1. The van der Waals surface area contributed by atoms with Gasteiger partial charge in [-0.05, 0) is 42.7 Å². The second kappa shape index (κ2) is 6.09. The number of amides is 1. The first kappa shape index (κ1) is 15.8. The molecule has 1 amide bonds. The minimum Gasteiger partial charge on any atom is -0.325 e. The number of hydrogen-bond donors (Lipinski definition) is 1. The van der Waals surface area contributed by atoms with E-state index < -0.39 is 0 Å². The van der Waals surface area contributed by atoms with Crippen molar-refractivity contribution < 1.29 is 4.79 Å². The summed E-state index contributed by atoms with van der Waals surface area (Å²) >= 11 is 0. The van der Waals surface area contributed by atoms with Gasteiger partial charge in [-0.15, -0.1) is 0 Å². The molecule has 2 aromatic carbocycles. The summed E-state index contributed by atoms with van der Waals surface area (Å²) in [4.78, 5) is 17.5. The first-order chi connectivity index (χ1) is 13.2. The van der Waals surface area contributed by atoms with Gasteiger partial charge in [0.1, 0.15) is 5.65 Å². The maximum Gasteiger partial charge on any atom is 0.235 e. The van der Waals surface area contributed by atoms with Gasteiger partial charge in [-0.25, -0.2) is 4.98 Å². The summed E-state index contributed by atoms with van der Waals surface area (Å²) in [6.07, 6.45) is 5.81. The number of pyridine rings is 1. The zero-order valence-corrected chi connectivity index (χ0v) is 14.8.